The van der Waals surface area contributed by atoms with Crippen LogP contribution >= 0.6 is 0 Å². The van der Waals surface area contributed by atoms with Crippen LogP contribution in [0.2, 0.25) is 0 Å². The molecule has 0 aliphatic heterocycles. The second-order valence-corrected chi connectivity index (χ2v) is 4.18. The van der Waals surface area contributed by atoms with Crippen molar-refractivity contribution in [3.05, 3.63) is 40.2 Å². The van der Waals surface area contributed by atoms with Crippen molar-refractivity contribution in [3.8, 4) is 5.75 Å². The number of hydrogen-bond donors (Lipinski definition) is 3. The van der Waals surface area contributed by atoms with E-state index in [9.17, 15) is 19.5 Å². The van der Waals surface area contributed by atoms with Crippen molar-refractivity contribution in [2.24, 2.45) is 5.73 Å². The van der Waals surface area contributed by atoms with E-state index < -0.39 is 17.6 Å². The number of fused-ring (bicyclic) bond motifs is 1. The first-order chi connectivity index (χ1) is 9.51. The molecule has 1 atom stereocenters. The predicted octanol–water partition coefficient (Wildman–Crippen LogP) is -0.245. The third kappa shape index (κ3) is 2.83. The van der Waals surface area contributed by atoms with Crippen LogP contribution in [-0.2, 0) is 4.79 Å². The highest BCUT2D eigenvalue weighted by atomic mass is 16.4. The number of carbonyl (C=O) groups is 2. The molecular formula is C13H12N2O5. The van der Waals surface area contributed by atoms with Gasteiger partial charge >= 0.3 is 5.63 Å². The molecule has 1 heterocycles. The average molecular weight is 276 g/mol. The molecule has 0 bridgehead atoms. The quantitative estimate of drug-likeness (QED) is 0.523. The van der Waals surface area contributed by atoms with Gasteiger partial charge < -0.3 is 25.4 Å². The maximum Gasteiger partial charge on any atom is 0.349 e. The van der Waals surface area contributed by atoms with Crippen molar-refractivity contribution >= 4 is 23.2 Å². The van der Waals surface area contributed by atoms with Crippen LogP contribution in [0.15, 0.2) is 33.5 Å². The molecule has 0 aliphatic rings. The number of carbonyl (C=O) groups excluding carboxylic acids is 2. The van der Waals surface area contributed by atoms with Gasteiger partial charge in [0.25, 0.3) is 5.91 Å². The van der Waals surface area contributed by atoms with E-state index in [1.54, 1.807) is 0 Å². The first kappa shape index (κ1) is 13.8. The number of rotatable bonds is 4. The molecule has 0 radical (unpaired) electrons. The van der Waals surface area contributed by atoms with Gasteiger partial charge in [-0.1, -0.05) is 0 Å². The fourth-order valence-corrected chi connectivity index (χ4v) is 1.61. The Morgan fingerprint density at radius 1 is 1.45 bits per heavy atom. The zero-order valence-corrected chi connectivity index (χ0v) is 10.3. The van der Waals surface area contributed by atoms with Crippen LogP contribution < -0.4 is 16.7 Å². The lowest BCUT2D eigenvalue weighted by atomic mass is 10.1. The van der Waals surface area contributed by atoms with Gasteiger partial charge in [-0.3, -0.25) is 4.79 Å². The summed E-state index contributed by atoms with van der Waals surface area (Å²) in [6.45, 7) is -0.0740. The summed E-state index contributed by atoms with van der Waals surface area (Å²) in [5.74, 6) is -0.721. The van der Waals surface area contributed by atoms with Crippen molar-refractivity contribution in [1.82, 2.24) is 5.32 Å². The van der Waals surface area contributed by atoms with E-state index in [0.717, 1.165) is 0 Å². The first-order valence-electron chi connectivity index (χ1n) is 5.77. The lowest BCUT2D eigenvalue weighted by Gasteiger charge is -2.06. The molecule has 104 valence electrons. The van der Waals surface area contributed by atoms with Crippen molar-refractivity contribution in [2.45, 2.75) is 6.04 Å². The lowest BCUT2D eigenvalue weighted by Crippen LogP contribution is -2.39. The van der Waals surface area contributed by atoms with Crippen molar-refractivity contribution < 1.29 is 19.1 Å². The Morgan fingerprint density at radius 3 is 2.90 bits per heavy atom. The van der Waals surface area contributed by atoms with E-state index in [0.29, 0.717) is 11.7 Å². The highest BCUT2D eigenvalue weighted by Crippen LogP contribution is 2.19. The van der Waals surface area contributed by atoms with E-state index in [4.69, 9.17) is 10.2 Å². The number of nitrogens with one attached hydrogen (secondary N) is 1. The maximum absolute atomic E-state index is 11.8. The SMILES string of the molecule is NC(C=O)CNC(=O)c1cc2ccc(O)cc2oc1=O. The summed E-state index contributed by atoms with van der Waals surface area (Å²) in [5.41, 5.74) is 4.48. The predicted molar refractivity (Wildman–Crippen MR) is 70.5 cm³/mol. The molecule has 1 unspecified atom stereocenters. The van der Waals surface area contributed by atoms with E-state index in [2.05, 4.69) is 5.32 Å². The number of amides is 1. The molecule has 2 rings (SSSR count). The molecule has 2 aromatic rings. The van der Waals surface area contributed by atoms with Crippen molar-refractivity contribution in [1.29, 1.82) is 0 Å². The normalized spacial score (nSPS) is 12.1. The number of aromatic hydroxyl groups is 1. The van der Waals surface area contributed by atoms with Gasteiger partial charge in [-0.15, -0.1) is 0 Å². The smallest absolute Gasteiger partial charge is 0.349 e. The fourth-order valence-electron chi connectivity index (χ4n) is 1.61. The summed E-state index contributed by atoms with van der Waals surface area (Å²) in [4.78, 5) is 33.8. The summed E-state index contributed by atoms with van der Waals surface area (Å²) in [6.07, 6.45) is 0.492. The molecule has 0 saturated heterocycles. The highest BCUT2D eigenvalue weighted by molar-refractivity contribution is 5.96. The number of hydrogen-bond acceptors (Lipinski definition) is 6. The van der Waals surface area contributed by atoms with Crippen LogP contribution in [-0.4, -0.2) is 29.9 Å². The number of nitrogens with two attached hydrogens (primary N) is 1. The Hall–Kier alpha value is -2.67. The Balaban J connectivity index is 2.32. The standard InChI is InChI=1S/C13H12N2O5/c14-8(6-16)5-15-12(18)10-3-7-1-2-9(17)4-11(7)20-13(10)19/h1-4,6,8,17H,5,14H2,(H,15,18). The third-order valence-corrected chi connectivity index (χ3v) is 2.64. The summed E-state index contributed by atoms with van der Waals surface area (Å²) >= 11 is 0. The summed E-state index contributed by atoms with van der Waals surface area (Å²) in [6, 6.07) is 4.72. The van der Waals surface area contributed by atoms with Gasteiger partial charge in [0.2, 0.25) is 0 Å². The summed E-state index contributed by atoms with van der Waals surface area (Å²) in [5, 5.41) is 12.1. The number of phenolic OH excluding ortho intramolecular Hbond substituents is 1. The van der Waals surface area contributed by atoms with E-state index in [-0.39, 0.29) is 23.4 Å². The molecule has 1 aromatic carbocycles. The summed E-state index contributed by atoms with van der Waals surface area (Å²) in [7, 11) is 0. The van der Waals surface area contributed by atoms with Gasteiger partial charge in [-0.25, -0.2) is 4.79 Å². The van der Waals surface area contributed by atoms with E-state index >= 15 is 0 Å². The zero-order chi connectivity index (χ0) is 14.7. The topological polar surface area (TPSA) is 123 Å². The zero-order valence-electron chi connectivity index (χ0n) is 10.3. The van der Waals surface area contributed by atoms with E-state index in [1.165, 1.54) is 24.3 Å². The Kier molecular flexibility index (Phi) is 3.81. The van der Waals surface area contributed by atoms with Crippen LogP contribution in [0.1, 0.15) is 10.4 Å². The minimum atomic E-state index is -0.833. The largest absolute Gasteiger partial charge is 0.508 e. The second-order valence-electron chi connectivity index (χ2n) is 4.18. The number of phenols is 1. The monoisotopic (exact) mass is 276 g/mol. The van der Waals surface area contributed by atoms with Gasteiger partial charge in [0, 0.05) is 18.0 Å². The highest BCUT2D eigenvalue weighted by Gasteiger charge is 2.14. The van der Waals surface area contributed by atoms with Crippen molar-refractivity contribution in [3.63, 3.8) is 0 Å². The molecule has 0 aliphatic carbocycles. The Morgan fingerprint density at radius 2 is 2.20 bits per heavy atom. The molecular weight excluding hydrogens is 264 g/mol. The average Bonchev–Trinajstić information content (AvgIpc) is 2.43. The fraction of sp³-hybridized carbons (Fsp3) is 0.154. The van der Waals surface area contributed by atoms with Crippen LogP contribution in [0.5, 0.6) is 5.75 Å². The Bertz CT molecular complexity index is 722. The number of benzene rings is 1. The minimum absolute atomic E-state index is 0.0465. The van der Waals surface area contributed by atoms with Crippen LogP contribution in [0.4, 0.5) is 0 Å². The van der Waals surface area contributed by atoms with Gasteiger partial charge in [-0.05, 0) is 18.2 Å². The van der Waals surface area contributed by atoms with Crippen molar-refractivity contribution in [2.75, 3.05) is 6.54 Å². The summed E-state index contributed by atoms with van der Waals surface area (Å²) < 4.78 is 4.95. The van der Waals surface area contributed by atoms with Crippen LogP contribution in [0.25, 0.3) is 11.0 Å². The molecule has 20 heavy (non-hydrogen) atoms. The van der Waals surface area contributed by atoms with Gasteiger partial charge in [0.05, 0.1) is 6.04 Å². The molecule has 7 heteroatoms. The molecule has 1 amide bonds. The lowest BCUT2D eigenvalue weighted by molar-refractivity contribution is -0.108. The molecule has 0 saturated carbocycles. The second kappa shape index (κ2) is 5.54. The van der Waals surface area contributed by atoms with Gasteiger partial charge in [-0.2, -0.15) is 0 Å². The first-order valence-corrected chi connectivity index (χ1v) is 5.77. The van der Waals surface area contributed by atoms with Crippen LogP contribution in [0.3, 0.4) is 0 Å². The third-order valence-electron chi connectivity index (χ3n) is 2.64. The molecule has 7 nitrogen and oxygen atoms in total. The van der Waals surface area contributed by atoms with Gasteiger partial charge in [0.1, 0.15) is 23.2 Å². The van der Waals surface area contributed by atoms with Gasteiger partial charge in [0.15, 0.2) is 0 Å². The molecule has 4 N–H and O–H groups in total. The molecule has 0 spiro atoms. The van der Waals surface area contributed by atoms with Crippen LogP contribution in [0, 0.1) is 0 Å². The minimum Gasteiger partial charge on any atom is -0.508 e. The maximum atomic E-state index is 11.8. The molecule has 0 fully saturated rings. The number of aldehydes is 1. The van der Waals surface area contributed by atoms with E-state index in [1.807, 2.05) is 0 Å². The molecule has 1 aromatic heterocycles. The Labute approximate surface area is 113 Å².